The van der Waals surface area contributed by atoms with Crippen LogP contribution in [0.25, 0.3) is 0 Å². The van der Waals surface area contributed by atoms with Gasteiger partial charge in [0, 0.05) is 19.3 Å². The highest BCUT2D eigenvalue weighted by Crippen LogP contribution is 2.24. The SMILES string of the molecule is CC(C)(C)OC(=O)CC[C@H](CC(=O)CC(CCCCN)C(=O)OC(C)(C)C)C(=O)OC(C)(C)C. The Kier molecular flexibility index (Phi) is 13.0. The molecule has 0 fully saturated rings. The van der Waals surface area contributed by atoms with E-state index >= 15 is 0 Å². The van der Waals surface area contributed by atoms with Gasteiger partial charge >= 0.3 is 17.9 Å². The minimum atomic E-state index is -0.803. The summed E-state index contributed by atoms with van der Waals surface area (Å²) in [6, 6.07) is 0. The van der Waals surface area contributed by atoms with E-state index in [0.29, 0.717) is 19.4 Å². The fourth-order valence-electron chi connectivity index (χ4n) is 3.23. The van der Waals surface area contributed by atoms with Crippen LogP contribution in [-0.2, 0) is 33.4 Å². The molecule has 8 heteroatoms. The smallest absolute Gasteiger partial charge is 0.309 e. The van der Waals surface area contributed by atoms with E-state index in [9.17, 15) is 19.2 Å². The van der Waals surface area contributed by atoms with Crippen molar-refractivity contribution in [2.75, 3.05) is 6.54 Å². The molecule has 0 bridgehead atoms. The van der Waals surface area contributed by atoms with Crippen LogP contribution in [0.4, 0.5) is 0 Å². The summed E-state index contributed by atoms with van der Waals surface area (Å²) in [6.07, 6.45) is 1.87. The first-order valence-electron chi connectivity index (χ1n) is 12.2. The van der Waals surface area contributed by atoms with Crippen molar-refractivity contribution in [2.24, 2.45) is 17.6 Å². The lowest BCUT2D eigenvalue weighted by Gasteiger charge is -2.25. The van der Waals surface area contributed by atoms with E-state index in [1.54, 1.807) is 62.3 Å². The molecule has 0 amide bonds. The summed E-state index contributed by atoms with van der Waals surface area (Å²) in [4.78, 5) is 50.6. The molecule has 0 aliphatic heterocycles. The van der Waals surface area contributed by atoms with E-state index in [0.717, 1.165) is 6.42 Å². The predicted molar refractivity (Wildman–Crippen MR) is 131 cm³/mol. The van der Waals surface area contributed by atoms with Crippen LogP contribution in [0.5, 0.6) is 0 Å². The van der Waals surface area contributed by atoms with Crippen LogP contribution in [0.15, 0.2) is 0 Å². The maximum atomic E-state index is 13.0. The lowest BCUT2D eigenvalue weighted by molar-refractivity contribution is -0.162. The van der Waals surface area contributed by atoms with Crippen molar-refractivity contribution in [2.45, 2.75) is 124 Å². The average Bonchev–Trinajstić information content (AvgIpc) is 2.60. The molecule has 0 radical (unpaired) electrons. The van der Waals surface area contributed by atoms with Crippen LogP contribution in [0.3, 0.4) is 0 Å². The van der Waals surface area contributed by atoms with Gasteiger partial charge in [-0.3, -0.25) is 19.2 Å². The van der Waals surface area contributed by atoms with Crippen molar-refractivity contribution in [1.29, 1.82) is 0 Å². The van der Waals surface area contributed by atoms with Crippen molar-refractivity contribution in [3.63, 3.8) is 0 Å². The van der Waals surface area contributed by atoms with Crippen LogP contribution in [0.1, 0.15) is 107 Å². The van der Waals surface area contributed by atoms with Gasteiger partial charge in [0.1, 0.15) is 22.6 Å². The Morgan fingerprint density at radius 1 is 0.647 bits per heavy atom. The Morgan fingerprint density at radius 2 is 1.06 bits per heavy atom. The number of Topliss-reactive ketones (excluding diaryl/α,β-unsaturated/α-hetero) is 1. The normalized spacial score (nSPS) is 14.2. The summed E-state index contributed by atoms with van der Waals surface area (Å²) in [5.41, 5.74) is 3.53. The molecule has 0 aliphatic carbocycles. The quantitative estimate of drug-likeness (QED) is 0.230. The molecule has 8 nitrogen and oxygen atoms in total. The molecule has 0 heterocycles. The third kappa shape index (κ3) is 16.6. The van der Waals surface area contributed by atoms with Gasteiger partial charge in [0.05, 0.1) is 11.8 Å². The van der Waals surface area contributed by atoms with Gasteiger partial charge in [-0.05, 0) is 88.1 Å². The van der Waals surface area contributed by atoms with Crippen LogP contribution in [0, 0.1) is 11.8 Å². The highest BCUT2D eigenvalue weighted by molar-refractivity contribution is 5.88. The van der Waals surface area contributed by atoms with Crippen molar-refractivity contribution < 1.29 is 33.4 Å². The van der Waals surface area contributed by atoms with Crippen LogP contribution >= 0.6 is 0 Å². The number of hydrogen-bond acceptors (Lipinski definition) is 8. The van der Waals surface area contributed by atoms with Gasteiger partial charge < -0.3 is 19.9 Å². The van der Waals surface area contributed by atoms with Crippen molar-refractivity contribution in [3.05, 3.63) is 0 Å². The second kappa shape index (κ2) is 13.8. The first kappa shape index (κ1) is 32.0. The number of unbranched alkanes of at least 4 members (excludes halogenated alkanes) is 1. The molecule has 0 saturated carbocycles. The fraction of sp³-hybridized carbons (Fsp3) is 0.846. The van der Waals surface area contributed by atoms with Gasteiger partial charge in [0.25, 0.3) is 0 Å². The summed E-state index contributed by atoms with van der Waals surface area (Å²) in [5, 5.41) is 0. The van der Waals surface area contributed by atoms with Crippen LogP contribution in [-0.4, -0.2) is 47.0 Å². The van der Waals surface area contributed by atoms with Gasteiger partial charge in [-0.15, -0.1) is 0 Å². The van der Waals surface area contributed by atoms with Gasteiger partial charge in [-0.2, -0.15) is 0 Å². The van der Waals surface area contributed by atoms with E-state index in [4.69, 9.17) is 19.9 Å². The Morgan fingerprint density at radius 3 is 1.44 bits per heavy atom. The second-order valence-corrected chi connectivity index (χ2v) is 11.8. The highest BCUT2D eigenvalue weighted by atomic mass is 16.6. The molecule has 0 aromatic carbocycles. The minimum absolute atomic E-state index is 0.0134. The van der Waals surface area contributed by atoms with E-state index < -0.39 is 46.5 Å². The molecular formula is C26H47NO7. The molecule has 2 N–H and O–H groups in total. The van der Waals surface area contributed by atoms with E-state index in [-0.39, 0.29) is 31.5 Å². The molecule has 1 unspecified atom stereocenters. The predicted octanol–water partition coefficient (Wildman–Crippen LogP) is 4.50. The van der Waals surface area contributed by atoms with Gasteiger partial charge in [0.2, 0.25) is 0 Å². The Hall–Kier alpha value is -1.96. The third-order valence-corrected chi connectivity index (χ3v) is 4.55. The Bertz CT molecular complexity index is 681. The molecule has 34 heavy (non-hydrogen) atoms. The zero-order chi connectivity index (χ0) is 26.7. The zero-order valence-electron chi connectivity index (χ0n) is 22.7. The van der Waals surface area contributed by atoms with Crippen LogP contribution in [0.2, 0.25) is 0 Å². The average molecular weight is 486 g/mol. The molecular weight excluding hydrogens is 438 g/mol. The molecule has 0 aromatic rings. The van der Waals surface area contributed by atoms with Crippen molar-refractivity contribution in [3.8, 4) is 0 Å². The van der Waals surface area contributed by atoms with Crippen LogP contribution < -0.4 is 5.73 Å². The number of carbonyl (C=O) groups excluding carboxylic acids is 4. The fourth-order valence-corrected chi connectivity index (χ4v) is 3.23. The summed E-state index contributed by atoms with van der Waals surface area (Å²) in [7, 11) is 0. The largest absolute Gasteiger partial charge is 0.460 e. The summed E-state index contributed by atoms with van der Waals surface area (Å²) in [6.45, 7) is 16.4. The molecule has 0 rings (SSSR count). The first-order chi connectivity index (χ1) is 15.3. The standard InChI is InChI=1S/C26H47NO7/c1-24(2,3)32-21(29)14-13-19(23(31)34-26(7,8)9)17-20(28)16-18(12-10-11-15-27)22(30)33-25(4,5)6/h18-19H,10-17,27H2,1-9H3/t18?,19-/m1/s1. The number of hydrogen-bond donors (Lipinski definition) is 1. The van der Waals surface area contributed by atoms with Crippen molar-refractivity contribution >= 4 is 23.7 Å². The number of ketones is 1. The Balaban J connectivity index is 5.37. The lowest BCUT2D eigenvalue weighted by Crippen LogP contribution is -2.32. The Labute approximate surface area is 205 Å². The second-order valence-electron chi connectivity index (χ2n) is 11.8. The maximum Gasteiger partial charge on any atom is 0.309 e. The highest BCUT2D eigenvalue weighted by Gasteiger charge is 2.32. The number of ether oxygens (including phenoxy) is 3. The molecule has 2 atom stereocenters. The zero-order valence-corrected chi connectivity index (χ0v) is 22.7. The van der Waals surface area contributed by atoms with E-state index in [2.05, 4.69) is 0 Å². The molecule has 0 aliphatic rings. The van der Waals surface area contributed by atoms with E-state index in [1.807, 2.05) is 0 Å². The molecule has 0 saturated heterocycles. The molecule has 198 valence electrons. The molecule has 0 spiro atoms. The van der Waals surface area contributed by atoms with Gasteiger partial charge in [-0.1, -0.05) is 6.42 Å². The number of rotatable bonds is 13. The number of carbonyl (C=O) groups is 4. The lowest BCUT2D eigenvalue weighted by atomic mass is 9.90. The maximum absolute atomic E-state index is 13.0. The summed E-state index contributed by atoms with van der Waals surface area (Å²) < 4.78 is 16.3. The minimum Gasteiger partial charge on any atom is -0.460 e. The third-order valence-electron chi connectivity index (χ3n) is 4.55. The van der Waals surface area contributed by atoms with Gasteiger partial charge in [-0.25, -0.2) is 0 Å². The number of nitrogens with two attached hydrogens (primary N) is 1. The summed E-state index contributed by atoms with van der Waals surface area (Å²) in [5.74, 6) is -3.07. The van der Waals surface area contributed by atoms with Crippen molar-refractivity contribution in [1.82, 2.24) is 0 Å². The topological polar surface area (TPSA) is 122 Å². The van der Waals surface area contributed by atoms with E-state index in [1.165, 1.54) is 0 Å². The summed E-state index contributed by atoms with van der Waals surface area (Å²) >= 11 is 0. The first-order valence-corrected chi connectivity index (χ1v) is 12.2. The monoisotopic (exact) mass is 485 g/mol. The van der Waals surface area contributed by atoms with Gasteiger partial charge in [0.15, 0.2) is 0 Å². The number of esters is 3. The molecule has 0 aromatic heterocycles.